The first-order valence-corrected chi connectivity index (χ1v) is 12.7. The first-order valence-electron chi connectivity index (χ1n) is 10.6. The summed E-state index contributed by atoms with van der Waals surface area (Å²) in [7, 11) is -2.77. The highest BCUT2D eigenvalue weighted by molar-refractivity contribution is 8.23. The number of carbonyl (C=O) groups is 2. The van der Waals surface area contributed by atoms with Gasteiger partial charge in [0, 0.05) is 49.8 Å². The summed E-state index contributed by atoms with van der Waals surface area (Å²) in [4.78, 5) is 36.7. The van der Waals surface area contributed by atoms with Gasteiger partial charge in [-0.25, -0.2) is 14.8 Å². The second-order valence-corrected chi connectivity index (χ2v) is 10.3. The number of piperazine rings is 1. The molecule has 2 aromatic rings. The lowest BCUT2D eigenvalue weighted by Crippen LogP contribution is -2.51. The van der Waals surface area contributed by atoms with E-state index in [9.17, 15) is 18.7 Å². The SMILES string of the molecule is CS(O)(O)Cc1cc(N2CCOCC2)nc(-c2ccc(NC(=O)N3CCNC(=O)C3)cc2)n1. The zero-order valence-electron chi connectivity index (χ0n) is 18.4. The monoisotopic (exact) mass is 476 g/mol. The molecule has 0 bridgehead atoms. The van der Waals surface area contributed by atoms with Crippen molar-refractivity contribution in [3.8, 4) is 11.4 Å². The lowest BCUT2D eigenvalue weighted by Gasteiger charge is -2.30. The van der Waals surface area contributed by atoms with Crippen molar-refractivity contribution in [2.75, 3.05) is 62.4 Å². The van der Waals surface area contributed by atoms with Gasteiger partial charge in [-0.2, -0.15) is 10.6 Å². The van der Waals surface area contributed by atoms with E-state index in [1.807, 2.05) is 0 Å². The van der Waals surface area contributed by atoms with Gasteiger partial charge in [0.25, 0.3) is 0 Å². The predicted octanol–water partition coefficient (Wildman–Crippen LogP) is 1.82. The highest BCUT2D eigenvalue weighted by Crippen LogP contribution is 2.38. The number of nitrogens with one attached hydrogen (secondary N) is 2. The molecule has 1 aromatic heterocycles. The van der Waals surface area contributed by atoms with Crippen molar-refractivity contribution in [1.82, 2.24) is 20.2 Å². The van der Waals surface area contributed by atoms with Gasteiger partial charge in [0.15, 0.2) is 5.82 Å². The molecule has 3 heterocycles. The van der Waals surface area contributed by atoms with Crippen LogP contribution in [0.4, 0.5) is 16.3 Å². The van der Waals surface area contributed by atoms with Crippen LogP contribution in [0.3, 0.4) is 0 Å². The molecule has 0 aliphatic carbocycles. The quantitative estimate of drug-likeness (QED) is 0.512. The lowest BCUT2D eigenvalue weighted by atomic mass is 10.2. The third-order valence-corrected chi connectivity index (χ3v) is 6.08. The fourth-order valence-corrected chi connectivity index (χ4v) is 4.35. The summed E-state index contributed by atoms with van der Waals surface area (Å²) in [6.45, 7) is 3.51. The number of benzene rings is 1. The van der Waals surface area contributed by atoms with Gasteiger partial charge < -0.3 is 25.2 Å². The number of anilines is 2. The van der Waals surface area contributed by atoms with Crippen molar-refractivity contribution in [2.24, 2.45) is 0 Å². The Balaban J connectivity index is 1.53. The topological polar surface area (TPSA) is 140 Å². The summed E-state index contributed by atoms with van der Waals surface area (Å²) in [6, 6.07) is 8.54. The van der Waals surface area contributed by atoms with E-state index in [0.29, 0.717) is 62.4 Å². The van der Waals surface area contributed by atoms with E-state index in [0.717, 1.165) is 5.56 Å². The predicted molar refractivity (Wildman–Crippen MR) is 127 cm³/mol. The molecule has 0 spiro atoms. The summed E-state index contributed by atoms with van der Waals surface area (Å²) < 4.78 is 25.3. The molecule has 4 rings (SSSR count). The summed E-state index contributed by atoms with van der Waals surface area (Å²) in [6.07, 6.45) is 1.40. The average Bonchev–Trinajstić information content (AvgIpc) is 2.79. The van der Waals surface area contributed by atoms with Gasteiger partial charge in [0.05, 0.1) is 24.7 Å². The number of aromatic nitrogens is 2. The van der Waals surface area contributed by atoms with E-state index in [4.69, 9.17) is 9.72 Å². The number of carbonyl (C=O) groups excluding carboxylic acids is 2. The third-order valence-electron chi connectivity index (χ3n) is 5.24. The van der Waals surface area contributed by atoms with Crippen LogP contribution in [-0.4, -0.2) is 88.1 Å². The van der Waals surface area contributed by atoms with Crippen molar-refractivity contribution in [3.05, 3.63) is 36.0 Å². The minimum absolute atomic E-state index is 0.0332. The summed E-state index contributed by atoms with van der Waals surface area (Å²) in [5.41, 5.74) is 1.86. The maximum absolute atomic E-state index is 12.4. The first kappa shape index (κ1) is 23.2. The standard InChI is InChI=1S/C21H28N6O5S/c1-33(30,31)14-17-12-18(26-8-10-32-11-9-26)25-20(23-17)15-2-4-16(5-3-15)24-21(29)27-7-6-22-19(28)13-27/h2-5,12,30-31H,6-11,13-14H2,1H3,(H,22,28)(H,24,29). The van der Waals surface area contributed by atoms with Crippen molar-refractivity contribution in [2.45, 2.75) is 5.75 Å². The van der Waals surface area contributed by atoms with Gasteiger partial charge in [-0.15, -0.1) is 0 Å². The van der Waals surface area contributed by atoms with E-state index < -0.39 is 10.6 Å². The fourth-order valence-electron chi connectivity index (χ4n) is 3.64. The molecule has 0 radical (unpaired) electrons. The minimum Gasteiger partial charge on any atom is -0.378 e. The highest BCUT2D eigenvalue weighted by Gasteiger charge is 2.21. The van der Waals surface area contributed by atoms with Crippen LogP contribution in [0, 0.1) is 0 Å². The van der Waals surface area contributed by atoms with Gasteiger partial charge in [0.2, 0.25) is 5.91 Å². The first-order chi connectivity index (χ1) is 15.8. The number of hydrogen-bond acceptors (Lipinski definition) is 8. The fraction of sp³-hybridized carbons (Fsp3) is 0.429. The Morgan fingerprint density at radius 1 is 1.18 bits per heavy atom. The van der Waals surface area contributed by atoms with Gasteiger partial charge in [-0.05, 0) is 24.3 Å². The molecule has 2 aliphatic heterocycles. The van der Waals surface area contributed by atoms with E-state index >= 15 is 0 Å². The van der Waals surface area contributed by atoms with Crippen molar-refractivity contribution >= 4 is 34.0 Å². The molecule has 12 heteroatoms. The summed E-state index contributed by atoms with van der Waals surface area (Å²) in [5, 5.41) is 5.49. The molecule has 2 aliphatic rings. The zero-order valence-corrected chi connectivity index (χ0v) is 19.2. The van der Waals surface area contributed by atoms with E-state index in [-0.39, 0.29) is 24.2 Å². The lowest BCUT2D eigenvalue weighted by molar-refractivity contribution is -0.123. The average molecular weight is 477 g/mol. The molecule has 11 nitrogen and oxygen atoms in total. The minimum atomic E-state index is -2.77. The van der Waals surface area contributed by atoms with Crippen LogP contribution in [0.5, 0.6) is 0 Å². The smallest absolute Gasteiger partial charge is 0.322 e. The Morgan fingerprint density at radius 2 is 1.91 bits per heavy atom. The molecular formula is C21H28N6O5S. The largest absolute Gasteiger partial charge is 0.378 e. The molecule has 4 N–H and O–H groups in total. The Labute approximate surface area is 193 Å². The molecule has 0 saturated carbocycles. The van der Waals surface area contributed by atoms with Crippen molar-refractivity contribution in [1.29, 1.82) is 0 Å². The van der Waals surface area contributed by atoms with Crippen LogP contribution >= 0.6 is 10.6 Å². The molecule has 2 fully saturated rings. The van der Waals surface area contributed by atoms with Gasteiger partial charge in [0.1, 0.15) is 12.4 Å². The molecule has 2 saturated heterocycles. The molecular weight excluding hydrogens is 448 g/mol. The zero-order chi connectivity index (χ0) is 23.4. The van der Waals surface area contributed by atoms with E-state index in [2.05, 4.69) is 20.5 Å². The van der Waals surface area contributed by atoms with E-state index in [1.54, 1.807) is 30.3 Å². The van der Waals surface area contributed by atoms with E-state index in [1.165, 1.54) is 11.2 Å². The molecule has 0 atom stereocenters. The maximum Gasteiger partial charge on any atom is 0.322 e. The Morgan fingerprint density at radius 3 is 2.58 bits per heavy atom. The van der Waals surface area contributed by atoms with Gasteiger partial charge >= 0.3 is 6.03 Å². The molecule has 178 valence electrons. The van der Waals surface area contributed by atoms with Crippen LogP contribution < -0.4 is 15.5 Å². The van der Waals surface area contributed by atoms with Crippen molar-refractivity contribution < 1.29 is 23.4 Å². The maximum atomic E-state index is 12.4. The van der Waals surface area contributed by atoms with Crippen LogP contribution in [0.15, 0.2) is 30.3 Å². The number of nitrogens with zero attached hydrogens (tertiary/aromatic N) is 4. The summed E-state index contributed by atoms with van der Waals surface area (Å²) >= 11 is 0. The number of hydrogen-bond donors (Lipinski definition) is 4. The second kappa shape index (κ2) is 9.91. The number of rotatable bonds is 5. The normalized spacial score (nSPS) is 17.5. The molecule has 0 unspecified atom stereocenters. The van der Waals surface area contributed by atoms with Crippen LogP contribution in [0.1, 0.15) is 5.69 Å². The molecule has 3 amide bonds. The van der Waals surface area contributed by atoms with Gasteiger partial charge in [-0.3, -0.25) is 13.9 Å². The van der Waals surface area contributed by atoms with Crippen LogP contribution in [0.25, 0.3) is 11.4 Å². The third kappa shape index (κ3) is 6.32. The number of amides is 3. The summed E-state index contributed by atoms with van der Waals surface area (Å²) in [5.74, 6) is 1.03. The van der Waals surface area contributed by atoms with Crippen molar-refractivity contribution in [3.63, 3.8) is 0 Å². The Kier molecular flexibility index (Phi) is 6.98. The second-order valence-electron chi connectivity index (χ2n) is 8.06. The molecule has 1 aromatic carbocycles. The number of morpholine rings is 1. The van der Waals surface area contributed by atoms with Crippen LogP contribution in [0.2, 0.25) is 0 Å². The number of ether oxygens (including phenoxy) is 1. The highest BCUT2D eigenvalue weighted by atomic mass is 32.3. The Hall–Kier alpha value is -2.93. The Bertz CT molecular complexity index is 1010. The number of urea groups is 1. The van der Waals surface area contributed by atoms with Gasteiger partial charge in [-0.1, -0.05) is 0 Å². The molecule has 33 heavy (non-hydrogen) atoms. The van der Waals surface area contributed by atoms with Crippen LogP contribution in [-0.2, 0) is 15.3 Å².